The standard InChI is InChI=1S/C15H24N2O2S/c1-11-7-12(2)13(3)17(10-11)20(18,19)15-6-4-5-14(8-15)9-16/h4-6,8,11-13H,7,9-10,16H2,1-3H3. The van der Waals surface area contributed by atoms with Crippen molar-refractivity contribution in [3.63, 3.8) is 0 Å². The quantitative estimate of drug-likeness (QED) is 0.930. The van der Waals surface area contributed by atoms with E-state index in [1.54, 1.807) is 22.5 Å². The highest BCUT2D eigenvalue weighted by Gasteiger charge is 2.37. The number of hydrogen-bond donors (Lipinski definition) is 1. The van der Waals surface area contributed by atoms with E-state index in [2.05, 4.69) is 13.8 Å². The highest BCUT2D eigenvalue weighted by molar-refractivity contribution is 7.89. The predicted octanol–water partition coefficient (Wildman–Crippen LogP) is 2.20. The monoisotopic (exact) mass is 296 g/mol. The maximum Gasteiger partial charge on any atom is 0.243 e. The van der Waals surface area contributed by atoms with Crippen molar-refractivity contribution in [2.45, 2.75) is 44.7 Å². The largest absolute Gasteiger partial charge is 0.326 e. The molecule has 1 aromatic carbocycles. The Bertz CT molecular complexity index is 571. The molecular formula is C15H24N2O2S. The molecule has 20 heavy (non-hydrogen) atoms. The van der Waals surface area contributed by atoms with Crippen LogP contribution in [0.2, 0.25) is 0 Å². The minimum atomic E-state index is -3.43. The van der Waals surface area contributed by atoms with Crippen LogP contribution in [0.3, 0.4) is 0 Å². The van der Waals surface area contributed by atoms with E-state index < -0.39 is 10.0 Å². The molecule has 0 radical (unpaired) electrons. The fourth-order valence-electron chi connectivity index (χ4n) is 2.95. The summed E-state index contributed by atoms with van der Waals surface area (Å²) in [5.41, 5.74) is 6.45. The van der Waals surface area contributed by atoms with E-state index in [9.17, 15) is 8.42 Å². The second-order valence-electron chi connectivity index (χ2n) is 5.99. The van der Waals surface area contributed by atoms with E-state index in [1.807, 2.05) is 13.0 Å². The Morgan fingerprint density at radius 3 is 2.65 bits per heavy atom. The van der Waals surface area contributed by atoms with Gasteiger partial charge < -0.3 is 5.73 Å². The average Bonchev–Trinajstić information content (AvgIpc) is 2.42. The molecule has 3 unspecified atom stereocenters. The Labute approximate surface area is 122 Å². The number of benzene rings is 1. The average molecular weight is 296 g/mol. The van der Waals surface area contributed by atoms with Crippen LogP contribution in [0.5, 0.6) is 0 Å². The number of nitrogens with two attached hydrogens (primary N) is 1. The second kappa shape index (κ2) is 5.84. The van der Waals surface area contributed by atoms with Crippen molar-refractivity contribution in [3.05, 3.63) is 29.8 Å². The summed E-state index contributed by atoms with van der Waals surface area (Å²) in [4.78, 5) is 0.355. The van der Waals surface area contributed by atoms with E-state index >= 15 is 0 Å². The maximum absolute atomic E-state index is 12.8. The Kier molecular flexibility index (Phi) is 4.52. The van der Waals surface area contributed by atoms with E-state index in [-0.39, 0.29) is 6.04 Å². The summed E-state index contributed by atoms with van der Waals surface area (Å²) in [5.74, 6) is 0.778. The Morgan fingerprint density at radius 1 is 1.30 bits per heavy atom. The number of hydrogen-bond acceptors (Lipinski definition) is 3. The van der Waals surface area contributed by atoms with Crippen LogP contribution in [0.1, 0.15) is 32.8 Å². The smallest absolute Gasteiger partial charge is 0.243 e. The number of rotatable bonds is 3. The third-order valence-corrected chi connectivity index (χ3v) is 6.23. The van der Waals surface area contributed by atoms with Crippen LogP contribution in [0.25, 0.3) is 0 Å². The Balaban J connectivity index is 2.38. The van der Waals surface area contributed by atoms with Crippen LogP contribution in [-0.4, -0.2) is 25.3 Å². The van der Waals surface area contributed by atoms with Gasteiger partial charge in [0.05, 0.1) is 4.90 Å². The van der Waals surface area contributed by atoms with Gasteiger partial charge in [-0.15, -0.1) is 0 Å². The van der Waals surface area contributed by atoms with Gasteiger partial charge >= 0.3 is 0 Å². The fourth-order valence-corrected chi connectivity index (χ4v) is 4.87. The van der Waals surface area contributed by atoms with Gasteiger partial charge in [-0.3, -0.25) is 0 Å². The lowest BCUT2D eigenvalue weighted by atomic mass is 9.88. The second-order valence-corrected chi connectivity index (χ2v) is 7.88. The number of nitrogens with zero attached hydrogens (tertiary/aromatic N) is 1. The van der Waals surface area contributed by atoms with Gasteiger partial charge in [0.15, 0.2) is 0 Å². The van der Waals surface area contributed by atoms with Crippen LogP contribution in [0.4, 0.5) is 0 Å². The van der Waals surface area contributed by atoms with Gasteiger partial charge in [-0.1, -0.05) is 26.0 Å². The molecule has 112 valence electrons. The lowest BCUT2D eigenvalue weighted by Crippen LogP contribution is -2.48. The van der Waals surface area contributed by atoms with Crippen molar-refractivity contribution in [1.82, 2.24) is 4.31 Å². The van der Waals surface area contributed by atoms with Crippen molar-refractivity contribution in [3.8, 4) is 0 Å². The van der Waals surface area contributed by atoms with E-state index in [0.717, 1.165) is 12.0 Å². The van der Waals surface area contributed by atoms with Crippen LogP contribution < -0.4 is 5.73 Å². The molecule has 0 saturated carbocycles. The van der Waals surface area contributed by atoms with Gasteiger partial charge in [0.25, 0.3) is 0 Å². The Hall–Kier alpha value is -0.910. The number of sulfonamides is 1. The van der Waals surface area contributed by atoms with Gasteiger partial charge in [0.2, 0.25) is 10.0 Å². The third kappa shape index (κ3) is 2.90. The SMILES string of the molecule is CC1CC(C)C(C)N(S(=O)(=O)c2cccc(CN)c2)C1. The van der Waals surface area contributed by atoms with E-state index in [4.69, 9.17) is 5.73 Å². The van der Waals surface area contributed by atoms with E-state index in [1.165, 1.54) is 0 Å². The van der Waals surface area contributed by atoms with E-state index in [0.29, 0.717) is 29.8 Å². The first kappa shape index (κ1) is 15.5. The van der Waals surface area contributed by atoms with Crippen LogP contribution in [-0.2, 0) is 16.6 Å². The lowest BCUT2D eigenvalue weighted by molar-refractivity contribution is 0.157. The fraction of sp³-hybridized carbons (Fsp3) is 0.600. The first-order chi connectivity index (χ1) is 9.36. The molecule has 1 saturated heterocycles. The molecule has 0 spiro atoms. The summed E-state index contributed by atoms with van der Waals surface area (Å²) in [7, 11) is -3.43. The molecule has 1 aromatic rings. The normalized spacial score (nSPS) is 28.5. The molecule has 0 bridgehead atoms. The van der Waals surface area contributed by atoms with Crippen molar-refractivity contribution in [2.24, 2.45) is 17.6 Å². The molecule has 1 aliphatic heterocycles. The van der Waals surface area contributed by atoms with Crippen LogP contribution in [0.15, 0.2) is 29.2 Å². The van der Waals surface area contributed by atoms with Crippen molar-refractivity contribution in [2.75, 3.05) is 6.54 Å². The molecule has 0 amide bonds. The molecule has 1 heterocycles. The molecule has 1 aliphatic rings. The molecule has 1 fully saturated rings. The summed E-state index contributed by atoms with van der Waals surface area (Å²) < 4.78 is 27.3. The summed E-state index contributed by atoms with van der Waals surface area (Å²) in [6.07, 6.45) is 1.08. The van der Waals surface area contributed by atoms with Gasteiger partial charge in [-0.25, -0.2) is 8.42 Å². The van der Waals surface area contributed by atoms with Gasteiger partial charge in [-0.05, 0) is 42.9 Å². The van der Waals surface area contributed by atoms with Crippen LogP contribution >= 0.6 is 0 Å². The zero-order valence-electron chi connectivity index (χ0n) is 12.4. The zero-order chi connectivity index (χ0) is 14.9. The molecule has 0 aliphatic carbocycles. The lowest BCUT2D eigenvalue weighted by Gasteiger charge is -2.40. The summed E-state index contributed by atoms with van der Waals surface area (Å²) in [6.45, 7) is 7.19. The molecule has 2 N–H and O–H groups in total. The van der Waals surface area contributed by atoms with Crippen LogP contribution in [0, 0.1) is 11.8 Å². The summed E-state index contributed by atoms with van der Waals surface area (Å²) in [6, 6.07) is 7.00. The van der Waals surface area contributed by atoms with Crippen molar-refractivity contribution in [1.29, 1.82) is 0 Å². The topological polar surface area (TPSA) is 63.4 Å². The zero-order valence-corrected chi connectivity index (χ0v) is 13.2. The molecule has 2 rings (SSSR count). The molecular weight excluding hydrogens is 272 g/mol. The third-order valence-electron chi connectivity index (χ3n) is 4.28. The van der Waals surface area contributed by atoms with Crippen molar-refractivity contribution >= 4 is 10.0 Å². The molecule has 4 nitrogen and oxygen atoms in total. The predicted molar refractivity (Wildman–Crippen MR) is 80.6 cm³/mol. The first-order valence-corrected chi connectivity index (χ1v) is 8.61. The Morgan fingerprint density at radius 2 is 2.00 bits per heavy atom. The molecule has 3 atom stereocenters. The molecule has 0 aromatic heterocycles. The van der Waals surface area contributed by atoms with Gasteiger partial charge in [0, 0.05) is 19.1 Å². The maximum atomic E-state index is 12.8. The summed E-state index contributed by atoms with van der Waals surface area (Å²) in [5, 5.41) is 0. The van der Waals surface area contributed by atoms with Gasteiger partial charge in [0.1, 0.15) is 0 Å². The number of piperidine rings is 1. The molecule has 5 heteroatoms. The van der Waals surface area contributed by atoms with Crippen molar-refractivity contribution < 1.29 is 8.42 Å². The highest BCUT2D eigenvalue weighted by atomic mass is 32.2. The minimum absolute atomic E-state index is 0.0396. The first-order valence-electron chi connectivity index (χ1n) is 7.17. The highest BCUT2D eigenvalue weighted by Crippen LogP contribution is 2.31. The minimum Gasteiger partial charge on any atom is -0.326 e. The van der Waals surface area contributed by atoms with Gasteiger partial charge in [-0.2, -0.15) is 4.31 Å². The summed E-state index contributed by atoms with van der Waals surface area (Å²) >= 11 is 0.